The minimum absolute atomic E-state index is 0.0115. The molecule has 15 heavy (non-hydrogen) atoms. The van der Waals surface area contributed by atoms with Gasteiger partial charge in [-0.25, -0.2) is 0 Å². The molecular formula is C7H6BrF3N2O2. The summed E-state index contributed by atoms with van der Waals surface area (Å²) in [4.78, 5) is 13.7. The molecule has 1 rings (SSSR count). The van der Waals surface area contributed by atoms with Gasteiger partial charge in [0.05, 0.1) is 0 Å². The molecule has 8 heteroatoms. The number of aromatic amines is 1. The molecule has 0 aliphatic heterocycles. The van der Waals surface area contributed by atoms with Gasteiger partial charge in [-0.05, 0) is 15.9 Å². The Morgan fingerprint density at radius 2 is 2.13 bits per heavy atom. The van der Waals surface area contributed by atoms with Crippen LogP contribution in [0.4, 0.5) is 13.2 Å². The summed E-state index contributed by atoms with van der Waals surface area (Å²) in [5.41, 5.74) is 4.28. The number of alkyl halides is 3. The number of nitrogens with one attached hydrogen (secondary N) is 1. The zero-order chi connectivity index (χ0) is 11.6. The van der Waals surface area contributed by atoms with Crippen LogP contribution in [-0.4, -0.2) is 11.3 Å². The number of hydrogen-bond donors (Lipinski definition) is 2. The van der Waals surface area contributed by atoms with Crippen molar-refractivity contribution in [1.82, 2.24) is 4.98 Å². The molecule has 0 aliphatic carbocycles. The fourth-order valence-electron chi connectivity index (χ4n) is 0.886. The molecule has 0 radical (unpaired) electrons. The molecule has 0 saturated carbocycles. The highest BCUT2D eigenvalue weighted by Crippen LogP contribution is 2.25. The maximum absolute atomic E-state index is 11.9. The van der Waals surface area contributed by atoms with Gasteiger partial charge >= 0.3 is 6.36 Å². The summed E-state index contributed by atoms with van der Waals surface area (Å²) in [6, 6.07) is 0. The average Bonchev–Trinajstić information content (AvgIpc) is 2.11. The first-order chi connectivity index (χ1) is 6.85. The number of nitrogens with two attached hydrogens (primary N) is 1. The topological polar surface area (TPSA) is 68.1 Å². The van der Waals surface area contributed by atoms with Crippen LogP contribution in [0.3, 0.4) is 0 Å². The molecule has 0 unspecified atom stereocenters. The van der Waals surface area contributed by atoms with E-state index < -0.39 is 17.5 Å². The molecule has 0 fully saturated rings. The average molecular weight is 287 g/mol. The minimum Gasteiger partial charge on any atom is -0.399 e. The highest BCUT2D eigenvalue weighted by Gasteiger charge is 2.33. The molecule has 0 atom stereocenters. The lowest BCUT2D eigenvalue weighted by Gasteiger charge is -2.10. The Morgan fingerprint density at radius 1 is 1.53 bits per heavy atom. The summed E-state index contributed by atoms with van der Waals surface area (Å²) in [5.74, 6) is -0.842. The summed E-state index contributed by atoms with van der Waals surface area (Å²) >= 11 is 2.74. The van der Waals surface area contributed by atoms with E-state index >= 15 is 0 Å². The predicted molar refractivity (Wildman–Crippen MR) is 49.3 cm³/mol. The second kappa shape index (κ2) is 4.23. The zero-order valence-corrected chi connectivity index (χ0v) is 8.78. The van der Waals surface area contributed by atoms with Crippen molar-refractivity contribution < 1.29 is 17.9 Å². The molecule has 0 aliphatic rings. The standard InChI is InChI=1S/C7H6BrF3N2O2/c8-6-5(15-7(9,10)11)4(14)3(1-12)2-13-6/h2H,1,12H2,(H,13,14). The molecular weight excluding hydrogens is 281 g/mol. The largest absolute Gasteiger partial charge is 0.573 e. The predicted octanol–water partition coefficient (Wildman–Crippen LogP) is 1.49. The van der Waals surface area contributed by atoms with Crippen molar-refractivity contribution in [3.8, 4) is 5.75 Å². The number of H-pyrrole nitrogens is 1. The van der Waals surface area contributed by atoms with Crippen LogP contribution < -0.4 is 15.9 Å². The van der Waals surface area contributed by atoms with E-state index in [1.807, 2.05) is 0 Å². The van der Waals surface area contributed by atoms with Gasteiger partial charge in [-0.15, -0.1) is 13.2 Å². The van der Waals surface area contributed by atoms with Crippen molar-refractivity contribution in [1.29, 1.82) is 0 Å². The van der Waals surface area contributed by atoms with Crippen LogP contribution in [0.1, 0.15) is 5.56 Å². The molecule has 1 aromatic heterocycles. The number of hydrogen-bond acceptors (Lipinski definition) is 3. The first-order valence-electron chi connectivity index (χ1n) is 3.71. The smallest absolute Gasteiger partial charge is 0.399 e. The molecule has 0 spiro atoms. The highest BCUT2D eigenvalue weighted by atomic mass is 79.9. The first kappa shape index (κ1) is 12.1. The monoisotopic (exact) mass is 286 g/mol. The van der Waals surface area contributed by atoms with Gasteiger partial charge < -0.3 is 15.5 Å². The van der Waals surface area contributed by atoms with Crippen LogP contribution in [0, 0.1) is 0 Å². The van der Waals surface area contributed by atoms with Gasteiger partial charge in [0.2, 0.25) is 11.2 Å². The van der Waals surface area contributed by atoms with Crippen LogP contribution >= 0.6 is 15.9 Å². The molecule has 1 heterocycles. The zero-order valence-electron chi connectivity index (χ0n) is 7.19. The number of rotatable bonds is 2. The van der Waals surface area contributed by atoms with E-state index in [1.54, 1.807) is 0 Å². The maximum Gasteiger partial charge on any atom is 0.573 e. The van der Waals surface area contributed by atoms with Crippen molar-refractivity contribution in [2.75, 3.05) is 0 Å². The molecule has 3 N–H and O–H groups in total. The van der Waals surface area contributed by atoms with Crippen LogP contribution in [-0.2, 0) is 6.54 Å². The fraction of sp³-hybridized carbons (Fsp3) is 0.286. The summed E-state index contributed by atoms with van der Waals surface area (Å²) in [6.45, 7) is -0.170. The van der Waals surface area contributed by atoms with E-state index in [-0.39, 0.29) is 16.7 Å². The lowest BCUT2D eigenvalue weighted by atomic mass is 10.2. The molecule has 0 aromatic carbocycles. The van der Waals surface area contributed by atoms with E-state index in [2.05, 4.69) is 25.7 Å². The minimum atomic E-state index is -4.91. The van der Waals surface area contributed by atoms with Gasteiger partial charge in [0, 0.05) is 18.3 Å². The van der Waals surface area contributed by atoms with Crippen LogP contribution in [0.5, 0.6) is 5.75 Å². The van der Waals surface area contributed by atoms with Crippen LogP contribution in [0.15, 0.2) is 15.6 Å². The number of aromatic nitrogens is 1. The van der Waals surface area contributed by atoms with Crippen LogP contribution in [0.2, 0.25) is 0 Å². The van der Waals surface area contributed by atoms with Gasteiger partial charge in [0.25, 0.3) is 0 Å². The summed E-state index contributed by atoms with van der Waals surface area (Å²) in [5, 5.41) is 0. The number of pyridine rings is 1. The number of halogens is 4. The van der Waals surface area contributed by atoms with Crippen molar-refractivity contribution >= 4 is 15.9 Å². The quantitative estimate of drug-likeness (QED) is 0.810. The third kappa shape index (κ3) is 2.96. The van der Waals surface area contributed by atoms with Crippen LogP contribution in [0.25, 0.3) is 0 Å². The first-order valence-corrected chi connectivity index (χ1v) is 4.50. The highest BCUT2D eigenvalue weighted by molar-refractivity contribution is 9.10. The van der Waals surface area contributed by atoms with E-state index in [0.29, 0.717) is 0 Å². The van der Waals surface area contributed by atoms with Crippen molar-refractivity contribution in [3.05, 3.63) is 26.6 Å². The molecule has 0 saturated heterocycles. The Labute approximate surface area is 90.4 Å². The molecule has 0 bridgehead atoms. The fourth-order valence-corrected chi connectivity index (χ4v) is 1.26. The SMILES string of the molecule is NCc1c[nH]c(Br)c(OC(F)(F)F)c1=O. The van der Waals surface area contributed by atoms with E-state index in [9.17, 15) is 18.0 Å². The number of ether oxygens (including phenoxy) is 1. The Bertz CT molecular complexity index is 416. The Morgan fingerprint density at radius 3 is 2.60 bits per heavy atom. The Balaban J connectivity index is 3.22. The third-order valence-electron chi connectivity index (χ3n) is 1.51. The van der Waals surface area contributed by atoms with Gasteiger partial charge in [-0.1, -0.05) is 0 Å². The molecule has 84 valence electrons. The van der Waals surface area contributed by atoms with E-state index in [0.717, 1.165) is 0 Å². The van der Waals surface area contributed by atoms with E-state index in [1.165, 1.54) is 6.20 Å². The van der Waals surface area contributed by atoms with Crippen molar-refractivity contribution in [2.45, 2.75) is 12.9 Å². The van der Waals surface area contributed by atoms with Gasteiger partial charge in [0.1, 0.15) is 4.60 Å². The molecule has 1 aromatic rings. The third-order valence-corrected chi connectivity index (χ3v) is 2.10. The summed E-state index contributed by atoms with van der Waals surface area (Å²) in [7, 11) is 0. The van der Waals surface area contributed by atoms with Gasteiger partial charge in [-0.2, -0.15) is 0 Å². The second-order valence-electron chi connectivity index (χ2n) is 2.54. The van der Waals surface area contributed by atoms with E-state index in [4.69, 9.17) is 5.73 Å². The van der Waals surface area contributed by atoms with Gasteiger partial charge in [0.15, 0.2) is 0 Å². The molecule has 0 amide bonds. The van der Waals surface area contributed by atoms with Gasteiger partial charge in [-0.3, -0.25) is 4.79 Å². The lowest BCUT2D eigenvalue weighted by Crippen LogP contribution is -2.24. The van der Waals surface area contributed by atoms with Crippen molar-refractivity contribution in [3.63, 3.8) is 0 Å². The Kier molecular flexibility index (Phi) is 3.40. The normalized spacial score (nSPS) is 11.5. The maximum atomic E-state index is 11.9. The summed E-state index contributed by atoms with van der Waals surface area (Å²) in [6.07, 6.45) is -3.70. The second-order valence-corrected chi connectivity index (χ2v) is 3.33. The molecule has 4 nitrogen and oxygen atoms in total. The lowest BCUT2D eigenvalue weighted by molar-refractivity contribution is -0.275. The summed E-state index contributed by atoms with van der Waals surface area (Å²) < 4.78 is 39.1. The van der Waals surface area contributed by atoms with Crippen molar-refractivity contribution in [2.24, 2.45) is 5.73 Å². The Hall–Kier alpha value is -1.02.